The van der Waals surface area contributed by atoms with Gasteiger partial charge in [0.05, 0.1) is 0 Å². The van der Waals surface area contributed by atoms with Crippen LogP contribution in [0.2, 0.25) is 0 Å². The van der Waals surface area contributed by atoms with Gasteiger partial charge in [0.2, 0.25) is 0 Å². The highest BCUT2D eigenvalue weighted by molar-refractivity contribution is 8.10. The summed E-state index contributed by atoms with van der Waals surface area (Å²) in [4.78, 5) is 1.76. The minimum Gasteiger partial charge on any atom is -0.364 e. The Bertz CT molecular complexity index is 66.3. The number of thiocarbonyl (C=S) groups is 1. The van der Waals surface area contributed by atoms with E-state index in [2.05, 4.69) is 24.8 Å². The fourth-order valence-corrected chi connectivity index (χ4v) is 0. The summed E-state index contributed by atoms with van der Waals surface area (Å²) in [6.07, 6.45) is 0. The number of halogens is 2. The zero-order chi connectivity index (χ0) is 5.15. The Kier molecular flexibility index (Phi) is 15.6. The summed E-state index contributed by atoms with van der Waals surface area (Å²) >= 11 is 8.46. The minimum absolute atomic E-state index is 0. The van der Waals surface area contributed by atoms with Crippen LogP contribution >= 0.6 is 49.7 Å². The van der Waals surface area contributed by atoms with Crippen LogP contribution in [0.25, 0.3) is 0 Å². The standard InChI is InChI=1S/C3H7NS2.2ClH/c1-4(2)3(5)6;;/h1-2H3,(H,5,6);2*1H. The molecule has 0 bridgehead atoms. The van der Waals surface area contributed by atoms with Gasteiger partial charge in [0.1, 0.15) is 4.32 Å². The molecule has 0 saturated carbocycles. The van der Waals surface area contributed by atoms with E-state index in [0.717, 1.165) is 0 Å². The molecule has 0 fully saturated rings. The molecule has 0 heterocycles. The number of hydrogen-bond acceptors (Lipinski definition) is 1. The average Bonchev–Trinajstić information content (AvgIpc) is 1.36. The van der Waals surface area contributed by atoms with E-state index in [1.165, 1.54) is 0 Å². The monoisotopic (exact) mass is 193 g/mol. The van der Waals surface area contributed by atoms with Gasteiger partial charge in [-0.3, -0.25) is 0 Å². The van der Waals surface area contributed by atoms with Crippen molar-refractivity contribution in [2.75, 3.05) is 14.1 Å². The molecule has 0 aromatic carbocycles. The van der Waals surface area contributed by atoms with Crippen molar-refractivity contribution in [3.05, 3.63) is 0 Å². The van der Waals surface area contributed by atoms with Crippen LogP contribution in [0.3, 0.4) is 0 Å². The molecule has 0 N–H and O–H groups in total. The van der Waals surface area contributed by atoms with Crippen LogP contribution in [0.1, 0.15) is 0 Å². The van der Waals surface area contributed by atoms with Crippen molar-refractivity contribution >= 4 is 54.0 Å². The summed E-state index contributed by atoms with van der Waals surface area (Å²) in [7, 11) is 3.71. The third kappa shape index (κ3) is 9.94. The zero-order valence-corrected chi connectivity index (χ0v) is 7.96. The molecule has 0 unspecified atom stereocenters. The van der Waals surface area contributed by atoms with Gasteiger partial charge >= 0.3 is 0 Å². The van der Waals surface area contributed by atoms with Crippen LogP contribution in [-0.2, 0) is 0 Å². The lowest BCUT2D eigenvalue weighted by Gasteiger charge is -2.05. The van der Waals surface area contributed by atoms with E-state index in [1.807, 2.05) is 14.1 Å². The minimum atomic E-state index is 0. The van der Waals surface area contributed by atoms with Crippen molar-refractivity contribution in [3.8, 4) is 0 Å². The van der Waals surface area contributed by atoms with Crippen LogP contribution in [0, 0.1) is 0 Å². The molecule has 5 heteroatoms. The summed E-state index contributed by atoms with van der Waals surface area (Å²) in [5.41, 5.74) is 0. The lowest BCUT2D eigenvalue weighted by atomic mass is 11.0. The van der Waals surface area contributed by atoms with E-state index in [4.69, 9.17) is 0 Å². The van der Waals surface area contributed by atoms with Gasteiger partial charge in [-0.2, -0.15) is 0 Å². The van der Waals surface area contributed by atoms with E-state index in [1.54, 1.807) is 4.90 Å². The lowest BCUT2D eigenvalue weighted by molar-refractivity contribution is 0.648. The molecule has 0 aliphatic rings. The summed E-state index contributed by atoms with van der Waals surface area (Å²) in [5.74, 6) is 0. The van der Waals surface area contributed by atoms with Gasteiger partial charge in [-0.1, -0.05) is 12.2 Å². The molecule has 0 aromatic heterocycles. The quantitative estimate of drug-likeness (QED) is 0.461. The molecule has 52 valence electrons. The predicted molar refractivity (Wildman–Crippen MR) is 49.8 cm³/mol. The predicted octanol–water partition coefficient (Wildman–Crippen LogP) is 1.61. The third-order valence-corrected chi connectivity index (χ3v) is 1.15. The van der Waals surface area contributed by atoms with Crippen LogP contribution < -0.4 is 0 Å². The fourth-order valence-electron chi connectivity index (χ4n) is 0. The van der Waals surface area contributed by atoms with Crippen LogP contribution in [0.5, 0.6) is 0 Å². The van der Waals surface area contributed by atoms with E-state index in [9.17, 15) is 0 Å². The van der Waals surface area contributed by atoms with E-state index >= 15 is 0 Å². The summed E-state index contributed by atoms with van der Waals surface area (Å²) in [5, 5.41) is 0. The molecular formula is C3H9Cl2NS2. The van der Waals surface area contributed by atoms with Crippen molar-refractivity contribution in [2.45, 2.75) is 0 Å². The fraction of sp³-hybridized carbons (Fsp3) is 0.667. The van der Waals surface area contributed by atoms with Crippen LogP contribution in [0.15, 0.2) is 0 Å². The smallest absolute Gasteiger partial charge is 0.132 e. The highest BCUT2D eigenvalue weighted by atomic mass is 35.5. The lowest BCUT2D eigenvalue weighted by Crippen LogP contribution is -2.12. The van der Waals surface area contributed by atoms with Gasteiger partial charge in [0.15, 0.2) is 0 Å². The number of hydrogen-bond donors (Lipinski definition) is 1. The van der Waals surface area contributed by atoms with Gasteiger partial charge in [0.25, 0.3) is 0 Å². The molecule has 0 spiro atoms. The average molecular weight is 194 g/mol. The Morgan fingerprint density at radius 3 is 1.50 bits per heavy atom. The molecule has 0 aliphatic carbocycles. The van der Waals surface area contributed by atoms with Crippen LogP contribution in [-0.4, -0.2) is 23.3 Å². The first-order valence-corrected chi connectivity index (χ1v) is 2.40. The normalized spacial score (nSPS) is 5.88. The first kappa shape index (κ1) is 15.9. The molecule has 0 rings (SSSR count). The maximum atomic E-state index is 4.61. The molecule has 0 saturated heterocycles. The van der Waals surface area contributed by atoms with Gasteiger partial charge < -0.3 is 4.90 Å². The van der Waals surface area contributed by atoms with Crippen molar-refractivity contribution in [2.24, 2.45) is 0 Å². The number of rotatable bonds is 0. The number of nitrogens with zero attached hydrogens (tertiary/aromatic N) is 1. The van der Waals surface area contributed by atoms with E-state index in [-0.39, 0.29) is 24.8 Å². The maximum Gasteiger partial charge on any atom is 0.132 e. The van der Waals surface area contributed by atoms with E-state index in [0.29, 0.717) is 4.32 Å². The van der Waals surface area contributed by atoms with Crippen molar-refractivity contribution < 1.29 is 0 Å². The van der Waals surface area contributed by atoms with Crippen molar-refractivity contribution in [3.63, 3.8) is 0 Å². The molecule has 0 atom stereocenters. The first-order chi connectivity index (χ1) is 2.64. The Hall–Kier alpha value is 0.820. The zero-order valence-electron chi connectivity index (χ0n) is 4.62. The molecule has 0 amide bonds. The second-order valence-corrected chi connectivity index (χ2v) is 2.29. The molecular weight excluding hydrogens is 185 g/mol. The van der Waals surface area contributed by atoms with Gasteiger partial charge in [0, 0.05) is 14.1 Å². The van der Waals surface area contributed by atoms with E-state index < -0.39 is 0 Å². The Balaban J connectivity index is -0.000000125. The second-order valence-electron chi connectivity index (χ2n) is 1.18. The second kappa shape index (κ2) is 7.82. The largest absolute Gasteiger partial charge is 0.364 e. The molecule has 0 radical (unpaired) electrons. The van der Waals surface area contributed by atoms with Crippen molar-refractivity contribution in [1.82, 2.24) is 4.90 Å². The third-order valence-electron chi connectivity index (χ3n) is 0.383. The molecule has 1 nitrogen and oxygen atoms in total. The number of thiol groups is 1. The van der Waals surface area contributed by atoms with Gasteiger partial charge in [-0.25, -0.2) is 0 Å². The summed E-state index contributed by atoms with van der Waals surface area (Å²) in [6, 6.07) is 0. The molecule has 0 aliphatic heterocycles. The highest BCUT2D eigenvalue weighted by Crippen LogP contribution is 1.84. The summed E-state index contributed by atoms with van der Waals surface area (Å²) in [6.45, 7) is 0. The van der Waals surface area contributed by atoms with Gasteiger partial charge in [-0.15, -0.1) is 37.4 Å². The molecule has 0 aromatic rings. The Morgan fingerprint density at radius 1 is 1.38 bits per heavy atom. The first-order valence-electron chi connectivity index (χ1n) is 1.55. The van der Waals surface area contributed by atoms with Gasteiger partial charge in [-0.05, 0) is 0 Å². The Morgan fingerprint density at radius 2 is 1.50 bits per heavy atom. The summed E-state index contributed by atoms with van der Waals surface area (Å²) < 4.78 is 0.620. The maximum absolute atomic E-state index is 4.61. The Labute approximate surface area is 73.0 Å². The molecule has 8 heavy (non-hydrogen) atoms. The van der Waals surface area contributed by atoms with Crippen molar-refractivity contribution in [1.29, 1.82) is 0 Å². The highest BCUT2D eigenvalue weighted by Gasteiger charge is 1.83. The topological polar surface area (TPSA) is 3.24 Å². The van der Waals surface area contributed by atoms with Crippen LogP contribution in [0.4, 0.5) is 0 Å². The SMILES string of the molecule is CN(C)C(=S)S.Cl.Cl.